The first kappa shape index (κ1) is 19.8. The minimum absolute atomic E-state index is 0.0821. The van der Waals surface area contributed by atoms with Gasteiger partial charge in [0, 0.05) is 30.0 Å². The Morgan fingerprint density at radius 3 is 2.62 bits per heavy atom. The quantitative estimate of drug-likeness (QED) is 0.709. The minimum atomic E-state index is -0.201. The third-order valence-corrected chi connectivity index (χ3v) is 6.45. The maximum atomic E-state index is 13.2. The van der Waals surface area contributed by atoms with Gasteiger partial charge in [-0.25, -0.2) is 0 Å². The summed E-state index contributed by atoms with van der Waals surface area (Å²) in [6.45, 7) is 5.91. The van der Waals surface area contributed by atoms with Crippen LogP contribution in [0.25, 0.3) is 0 Å². The van der Waals surface area contributed by atoms with Gasteiger partial charge in [0.25, 0.3) is 5.91 Å². The lowest BCUT2D eigenvalue weighted by molar-refractivity contribution is 0.0634. The molecule has 29 heavy (non-hydrogen) atoms. The Bertz CT molecular complexity index is 928. The normalized spacial score (nSPS) is 18.4. The van der Waals surface area contributed by atoms with E-state index in [0.29, 0.717) is 48.2 Å². The number of nitrogens with zero attached hydrogens (tertiary/aromatic N) is 1. The molecule has 7 heteroatoms. The molecule has 1 amide bonds. The van der Waals surface area contributed by atoms with Crippen LogP contribution in [0.1, 0.15) is 44.0 Å². The fraction of sp³-hybridized carbons (Fsp3) is 0.455. The summed E-state index contributed by atoms with van der Waals surface area (Å²) in [5.74, 6) is 1.80. The lowest BCUT2D eigenvalue weighted by Gasteiger charge is -2.32. The Morgan fingerprint density at radius 1 is 1.17 bits per heavy atom. The number of piperidine rings is 1. The Balaban J connectivity index is 1.52. The van der Waals surface area contributed by atoms with Crippen molar-refractivity contribution >= 4 is 23.0 Å². The predicted molar refractivity (Wildman–Crippen MR) is 111 cm³/mol. The summed E-state index contributed by atoms with van der Waals surface area (Å²) >= 11 is 1.34. The van der Waals surface area contributed by atoms with Gasteiger partial charge in [0.2, 0.25) is 0 Å². The van der Waals surface area contributed by atoms with Gasteiger partial charge >= 0.3 is 0 Å². The van der Waals surface area contributed by atoms with E-state index in [1.54, 1.807) is 12.0 Å². The third kappa shape index (κ3) is 3.71. The molecule has 0 saturated carbocycles. The zero-order valence-corrected chi connectivity index (χ0v) is 17.8. The number of hydrogen-bond acceptors (Lipinski definition) is 6. The predicted octanol–water partition coefficient (Wildman–Crippen LogP) is 3.88. The lowest BCUT2D eigenvalue weighted by Crippen LogP contribution is -2.42. The van der Waals surface area contributed by atoms with Gasteiger partial charge in [-0.3, -0.25) is 9.59 Å². The smallest absolute Gasteiger partial charge is 0.267 e. The second kappa shape index (κ2) is 8.06. The van der Waals surface area contributed by atoms with Gasteiger partial charge in [0.1, 0.15) is 23.8 Å². The fourth-order valence-corrected chi connectivity index (χ4v) is 5.08. The number of likely N-dealkylation sites (tertiary alicyclic amines) is 1. The van der Waals surface area contributed by atoms with E-state index >= 15 is 0 Å². The van der Waals surface area contributed by atoms with Crippen LogP contribution in [0.5, 0.6) is 17.2 Å². The molecule has 1 saturated heterocycles. The van der Waals surface area contributed by atoms with E-state index in [4.69, 9.17) is 14.2 Å². The number of benzene rings is 1. The molecule has 0 unspecified atom stereocenters. The number of methoxy groups -OCH3 is 1. The van der Waals surface area contributed by atoms with E-state index in [9.17, 15) is 9.59 Å². The second-order valence-electron chi connectivity index (χ2n) is 7.55. The second-order valence-corrected chi connectivity index (χ2v) is 8.43. The van der Waals surface area contributed by atoms with E-state index in [-0.39, 0.29) is 17.6 Å². The number of carbonyl (C=O) groups excluding carboxylic acids is 2. The molecule has 6 nitrogen and oxygen atoms in total. The van der Waals surface area contributed by atoms with Crippen molar-refractivity contribution in [2.24, 2.45) is 5.92 Å². The number of aryl methyl sites for hydroxylation is 2. The van der Waals surface area contributed by atoms with E-state index in [2.05, 4.69) is 0 Å². The monoisotopic (exact) mass is 415 g/mol. The molecular weight excluding hydrogens is 390 g/mol. The van der Waals surface area contributed by atoms with Crippen LogP contribution >= 0.6 is 11.3 Å². The van der Waals surface area contributed by atoms with Crippen LogP contribution < -0.4 is 14.2 Å². The van der Waals surface area contributed by atoms with Gasteiger partial charge < -0.3 is 19.1 Å². The number of thiophene rings is 1. The first-order valence-corrected chi connectivity index (χ1v) is 10.7. The van der Waals surface area contributed by atoms with Crippen molar-refractivity contribution in [2.75, 3.05) is 33.4 Å². The number of fused-ring (bicyclic) bond motifs is 1. The summed E-state index contributed by atoms with van der Waals surface area (Å²) in [5, 5.41) is 1.82. The minimum Gasteiger partial charge on any atom is -0.496 e. The van der Waals surface area contributed by atoms with Gasteiger partial charge in [-0.15, -0.1) is 11.3 Å². The Kier molecular flexibility index (Phi) is 5.50. The largest absolute Gasteiger partial charge is 0.496 e. The van der Waals surface area contributed by atoms with Crippen LogP contribution in [0.3, 0.4) is 0 Å². The zero-order chi connectivity index (χ0) is 20.5. The molecular formula is C22H25NO5S. The SMILES string of the molecule is COc1c(C)cc(C(=O)[C@@H]2CCCN(C(=O)c3scc4c3OCCO4)C2)cc1C. The number of hydrogen-bond donors (Lipinski definition) is 0. The van der Waals surface area contributed by atoms with Crippen LogP contribution in [-0.2, 0) is 0 Å². The van der Waals surface area contributed by atoms with Gasteiger partial charge in [-0.1, -0.05) is 0 Å². The van der Waals surface area contributed by atoms with Crippen LogP contribution in [-0.4, -0.2) is 50.0 Å². The number of amides is 1. The highest BCUT2D eigenvalue weighted by molar-refractivity contribution is 7.12. The molecule has 2 aromatic rings. The summed E-state index contributed by atoms with van der Waals surface area (Å²) in [6, 6.07) is 3.77. The topological polar surface area (TPSA) is 65.1 Å². The average molecular weight is 416 g/mol. The Labute approximate surface area is 174 Å². The van der Waals surface area contributed by atoms with Crippen molar-refractivity contribution in [2.45, 2.75) is 26.7 Å². The number of ketones is 1. The molecule has 4 rings (SSSR count). The summed E-state index contributed by atoms with van der Waals surface area (Å²) < 4.78 is 16.6. The van der Waals surface area contributed by atoms with E-state index in [0.717, 1.165) is 29.7 Å². The Morgan fingerprint density at radius 2 is 1.90 bits per heavy atom. The molecule has 0 aliphatic carbocycles. The van der Waals surface area contributed by atoms with Crippen molar-refractivity contribution in [1.82, 2.24) is 4.90 Å². The molecule has 1 aromatic carbocycles. The highest BCUT2D eigenvalue weighted by Gasteiger charge is 2.33. The van der Waals surface area contributed by atoms with Gasteiger partial charge in [-0.2, -0.15) is 0 Å². The van der Waals surface area contributed by atoms with Crippen molar-refractivity contribution < 1.29 is 23.8 Å². The molecule has 0 radical (unpaired) electrons. The Hall–Kier alpha value is -2.54. The van der Waals surface area contributed by atoms with E-state index in [1.165, 1.54) is 11.3 Å². The zero-order valence-electron chi connectivity index (χ0n) is 16.9. The van der Waals surface area contributed by atoms with Crippen LogP contribution in [0.15, 0.2) is 17.5 Å². The molecule has 2 aliphatic heterocycles. The number of Topliss-reactive ketones (excluding diaryl/α,β-unsaturated/α-hetero) is 1. The third-order valence-electron chi connectivity index (χ3n) is 5.52. The summed E-state index contributed by atoms with van der Waals surface area (Å²) in [4.78, 5) is 28.6. The van der Waals surface area contributed by atoms with Gasteiger partial charge in [-0.05, 0) is 49.9 Å². The molecule has 2 aliphatic rings. The first-order chi connectivity index (χ1) is 14.0. The highest BCUT2D eigenvalue weighted by atomic mass is 32.1. The van der Waals surface area contributed by atoms with Crippen LogP contribution in [0, 0.1) is 19.8 Å². The molecule has 0 spiro atoms. The summed E-state index contributed by atoms with van der Waals surface area (Å²) in [6.07, 6.45) is 1.59. The summed E-state index contributed by atoms with van der Waals surface area (Å²) in [5.41, 5.74) is 2.58. The van der Waals surface area contributed by atoms with Crippen molar-refractivity contribution in [3.05, 3.63) is 39.1 Å². The van der Waals surface area contributed by atoms with Gasteiger partial charge in [0.15, 0.2) is 17.3 Å². The van der Waals surface area contributed by atoms with Crippen LogP contribution in [0.4, 0.5) is 0 Å². The van der Waals surface area contributed by atoms with Crippen molar-refractivity contribution in [3.8, 4) is 17.2 Å². The highest BCUT2D eigenvalue weighted by Crippen LogP contribution is 2.40. The maximum Gasteiger partial charge on any atom is 0.267 e. The standard InChI is InChI=1S/C22H25NO5S/c1-13-9-16(10-14(2)19(13)26-3)18(24)15-5-4-6-23(11-15)22(25)21-20-17(12-29-21)27-7-8-28-20/h9-10,12,15H,4-8,11H2,1-3H3/t15-/m1/s1. The van der Waals surface area contributed by atoms with Crippen molar-refractivity contribution in [1.29, 1.82) is 0 Å². The van der Waals surface area contributed by atoms with E-state index < -0.39 is 0 Å². The molecule has 1 atom stereocenters. The van der Waals surface area contributed by atoms with Crippen LogP contribution in [0.2, 0.25) is 0 Å². The molecule has 154 valence electrons. The number of rotatable bonds is 4. The molecule has 1 fully saturated rings. The van der Waals surface area contributed by atoms with Gasteiger partial charge in [0.05, 0.1) is 7.11 Å². The fourth-order valence-electron chi connectivity index (χ4n) is 4.18. The summed E-state index contributed by atoms with van der Waals surface area (Å²) in [7, 11) is 1.64. The molecule has 0 N–H and O–H groups in total. The van der Waals surface area contributed by atoms with E-state index in [1.807, 2.05) is 31.4 Å². The van der Waals surface area contributed by atoms with Crippen molar-refractivity contribution in [3.63, 3.8) is 0 Å². The first-order valence-electron chi connectivity index (χ1n) is 9.85. The molecule has 0 bridgehead atoms. The number of ether oxygens (including phenoxy) is 3. The number of carbonyl (C=O) groups is 2. The molecule has 3 heterocycles. The molecule has 1 aromatic heterocycles. The lowest BCUT2D eigenvalue weighted by atomic mass is 9.88. The maximum absolute atomic E-state index is 13.2. The average Bonchev–Trinajstić information content (AvgIpc) is 3.16.